The molecule has 35 heavy (non-hydrogen) atoms. The van der Waals surface area contributed by atoms with Crippen molar-refractivity contribution in [3.05, 3.63) is 115 Å². The highest BCUT2D eigenvalue weighted by Gasteiger charge is 2.22. The maximum Gasteiger partial charge on any atom is 0.0627 e. The summed E-state index contributed by atoms with van der Waals surface area (Å²) >= 11 is 0. The molecule has 8 rings (SSSR count). The van der Waals surface area contributed by atoms with Crippen molar-refractivity contribution in [1.29, 1.82) is 0 Å². The molecule has 0 bridgehead atoms. The summed E-state index contributed by atoms with van der Waals surface area (Å²) in [4.78, 5) is 3.76. The highest BCUT2D eigenvalue weighted by Crippen LogP contribution is 2.46. The number of aryl methyl sites for hydroxylation is 1. The van der Waals surface area contributed by atoms with Crippen molar-refractivity contribution in [2.24, 2.45) is 0 Å². The van der Waals surface area contributed by atoms with Gasteiger partial charge in [-0.3, -0.25) is 0 Å². The van der Waals surface area contributed by atoms with Gasteiger partial charge in [0.1, 0.15) is 0 Å². The second-order valence-electron chi connectivity index (χ2n) is 9.55. The van der Waals surface area contributed by atoms with Crippen LogP contribution in [0.4, 0.5) is 0 Å². The average Bonchev–Trinajstić information content (AvgIpc) is 3.46. The first-order valence-electron chi connectivity index (χ1n) is 12.1. The second kappa shape index (κ2) is 6.74. The minimum absolute atomic E-state index is 1.18. The summed E-state index contributed by atoms with van der Waals surface area (Å²) in [6, 6.07) is 39.7. The number of fused-ring (bicyclic) bond motifs is 12. The van der Waals surface area contributed by atoms with E-state index in [0.29, 0.717) is 0 Å². The molecule has 0 amide bonds. The van der Waals surface area contributed by atoms with Gasteiger partial charge in [0.05, 0.1) is 16.6 Å². The van der Waals surface area contributed by atoms with Gasteiger partial charge < -0.3 is 9.55 Å². The number of rotatable bonds is 1. The number of nitrogens with zero attached hydrogens (tertiary/aromatic N) is 1. The Morgan fingerprint density at radius 1 is 0.543 bits per heavy atom. The van der Waals surface area contributed by atoms with Crippen LogP contribution in [0, 0.1) is 6.92 Å². The Morgan fingerprint density at radius 2 is 1.26 bits per heavy atom. The SMILES string of the molecule is Cc1ccc2c(ccc3c4c5c6ccccc6[nH]c5c5ccccc5c4n(-c4ccccc4)c23)c1. The van der Waals surface area contributed by atoms with Crippen molar-refractivity contribution in [1.82, 2.24) is 9.55 Å². The third kappa shape index (κ3) is 2.43. The molecule has 2 aromatic heterocycles. The van der Waals surface area contributed by atoms with Crippen molar-refractivity contribution >= 4 is 65.2 Å². The molecule has 8 aromatic rings. The van der Waals surface area contributed by atoms with Crippen LogP contribution in [0.3, 0.4) is 0 Å². The Balaban J connectivity index is 1.78. The van der Waals surface area contributed by atoms with Crippen LogP contribution in [-0.4, -0.2) is 9.55 Å². The Kier molecular flexibility index (Phi) is 3.62. The van der Waals surface area contributed by atoms with E-state index < -0.39 is 0 Å². The zero-order valence-corrected chi connectivity index (χ0v) is 19.3. The van der Waals surface area contributed by atoms with E-state index in [1.54, 1.807) is 0 Å². The molecule has 0 unspecified atom stereocenters. The predicted molar refractivity (Wildman–Crippen MR) is 150 cm³/mol. The molecule has 1 N–H and O–H groups in total. The minimum Gasteiger partial charge on any atom is -0.354 e. The molecule has 0 aliphatic heterocycles. The van der Waals surface area contributed by atoms with Gasteiger partial charge in [-0.15, -0.1) is 0 Å². The van der Waals surface area contributed by atoms with Crippen LogP contribution in [0.25, 0.3) is 70.8 Å². The van der Waals surface area contributed by atoms with Gasteiger partial charge in [-0.25, -0.2) is 0 Å². The number of benzene rings is 6. The molecule has 2 nitrogen and oxygen atoms in total. The predicted octanol–water partition coefficient (Wildman–Crippen LogP) is 9.03. The lowest BCUT2D eigenvalue weighted by Gasteiger charge is -2.12. The number of para-hydroxylation sites is 2. The molecule has 0 aliphatic rings. The number of aromatic amines is 1. The van der Waals surface area contributed by atoms with E-state index in [1.165, 1.54) is 76.4 Å². The maximum atomic E-state index is 3.76. The summed E-state index contributed by atoms with van der Waals surface area (Å²) in [7, 11) is 0. The fourth-order valence-corrected chi connectivity index (χ4v) is 6.08. The lowest BCUT2D eigenvalue weighted by atomic mass is 9.98. The number of aromatic nitrogens is 2. The van der Waals surface area contributed by atoms with E-state index in [-0.39, 0.29) is 0 Å². The first-order valence-corrected chi connectivity index (χ1v) is 12.1. The van der Waals surface area contributed by atoms with Crippen LogP contribution < -0.4 is 0 Å². The van der Waals surface area contributed by atoms with E-state index in [2.05, 4.69) is 126 Å². The number of hydrogen-bond donors (Lipinski definition) is 1. The number of H-pyrrole nitrogens is 1. The van der Waals surface area contributed by atoms with E-state index >= 15 is 0 Å². The third-order valence-corrected chi connectivity index (χ3v) is 7.52. The van der Waals surface area contributed by atoms with Crippen LogP contribution in [0.5, 0.6) is 0 Å². The third-order valence-electron chi connectivity index (χ3n) is 7.52. The molecule has 2 heterocycles. The molecule has 0 aliphatic carbocycles. The molecule has 0 saturated carbocycles. The summed E-state index contributed by atoms with van der Waals surface area (Å²) in [6.07, 6.45) is 0. The largest absolute Gasteiger partial charge is 0.354 e. The standard InChI is InChI=1S/C33H22N2/c1-20-15-17-23-21(19-20)16-18-27-30-29-26-13-7-8-14-28(26)34-31(29)24-11-5-6-12-25(24)33(30)35(32(23)27)22-9-3-2-4-10-22/h2-19,34H,1H3. The molecule has 6 aromatic carbocycles. The van der Waals surface area contributed by atoms with Gasteiger partial charge >= 0.3 is 0 Å². The second-order valence-corrected chi connectivity index (χ2v) is 9.55. The normalized spacial score (nSPS) is 12.1. The van der Waals surface area contributed by atoms with Crippen molar-refractivity contribution in [3.63, 3.8) is 0 Å². The van der Waals surface area contributed by atoms with Crippen molar-refractivity contribution in [3.8, 4) is 5.69 Å². The summed E-state index contributed by atoms with van der Waals surface area (Å²) < 4.78 is 2.49. The summed E-state index contributed by atoms with van der Waals surface area (Å²) in [5.41, 5.74) is 7.40. The van der Waals surface area contributed by atoms with Crippen LogP contribution in [0.15, 0.2) is 109 Å². The first-order chi connectivity index (χ1) is 17.3. The van der Waals surface area contributed by atoms with Gasteiger partial charge in [0.15, 0.2) is 0 Å². The number of hydrogen-bond acceptors (Lipinski definition) is 0. The van der Waals surface area contributed by atoms with E-state index in [4.69, 9.17) is 0 Å². The van der Waals surface area contributed by atoms with E-state index in [1.807, 2.05) is 0 Å². The molecular weight excluding hydrogens is 424 g/mol. The quantitative estimate of drug-likeness (QED) is 0.260. The summed E-state index contributed by atoms with van der Waals surface area (Å²) in [5, 5.41) is 10.3. The molecule has 0 fully saturated rings. The zero-order chi connectivity index (χ0) is 23.1. The molecule has 0 radical (unpaired) electrons. The van der Waals surface area contributed by atoms with Crippen LogP contribution in [-0.2, 0) is 0 Å². The molecule has 0 atom stereocenters. The Hall–Kier alpha value is -4.56. The zero-order valence-electron chi connectivity index (χ0n) is 19.3. The average molecular weight is 447 g/mol. The highest BCUT2D eigenvalue weighted by molar-refractivity contribution is 6.38. The van der Waals surface area contributed by atoms with Gasteiger partial charge in [-0.05, 0) is 30.5 Å². The fraction of sp³-hybridized carbons (Fsp3) is 0.0303. The van der Waals surface area contributed by atoms with Gasteiger partial charge in [-0.2, -0.15) is 0 Å². The fourth-order valence-electron chi connectivity index (χ4n) is 6.08. The molecule has 0 saturated heterocycles. The lowest BCUT2D eigenvalue weighted by molar-refractivity contribution is 1.19. The molecule has 164 valence electrons. The number of nitrogens with one attached hydrogen (secondary N) is 1. The van der Waals surface area contributed by atoms with Gasteiger partial charge in [0.2, 0.25) is 0 Å². The molecular formula is C33H22N2. The van der Waals surface area contributed by atoms with Gasteiger partial charge in [-0.1, -0.05) is 96.6 Å². The van der Waals surface area contributed by atoms with Crippen LogP contribution >= 0.6 is 0 Å². The van der Waals surface area contributed by atoms with Crippen LogP contribution in [0.1, 0.15) is 5.56 Å². The Labute approximate surface area is 202 Å². The molecule has 2 heteroatoms. The first kappa shape index (κ1) is 18.8. The maximum absolute atomic E-state index is 3.76. The Morgan fingerprint density at radius 3 is 2.11 bits per heavy atom. The highest BCUT2D eigenvalue weighted by atomic mass is 15.0. The van der Waals surface area contributed by atoms with Crippen LogP contribution in [0.2, 0.25) is 0 Å². The van der Waals surface area contributed by atoms with E-state index in [9.17, 15) is 0 Å². The monoisotopic (exact) mass is 446 g/mol. The lowest BCUT2D eigenvalue weighted by Crippen LogP contribution is -1.95. The smallest absolute Gasteiger partial charge is 0.0627 e. The van der Waals surface area contributed by atoms with E-state index in [0.717, 1.165) is 0 Å². The van der Waals surface area contributed by atoms with Crippen molar-refractivity contribution < 1.29 is 0 Å². The topological polar surface area (TPSA) is 20.7 Å². The van der Waals surface area contributed by atoms with Crippen molar-refractivity contribution in [2.75, 3.05) is 0 Å². The van der Waals surface area contributed by atoms with Gasteiger partial charge in [0.25, 0.3) is 0 Å². The summed E-state index contributed by atoms with van der Waals surface area (Å²) in [6.45, 7) is 2.17. The Bertz CT molecular complexity index is 2110. The minimum atomic E-state index is 1.18. The molecule has 0 spiro atoms. The van der Waals surface area contributed by atoms with Gasteiger partial charge in [0, 0.05) is 48.9 Å². The van der Waals surface area contributed by atoms with Crippen molar-refractivity contribution in [2.45, 2.75) is 6.92 Å². The summed E-state index contributed by atoms with van der Waals surface area (Å²) in [5.74, 6) is 0.